The van der Waals surface area contributed by atoms with Crippen LogP contribution in [0.3, 0.4) is 0 Å². The van der Waals surface area contributed by atoms with Crippen molar-refractivity contribution in [3.05, 3.63) is 27.9 Å². The highest BCUT2D eigenvalue weighted by atomic mass is 32.2. The number of pyridine rings is 1. The Balaban J connectivity index is 2.42. The first-order valence-corrected chi connectivity index (χ1v) is 7.48. The van der Waals surface area contributed by atoms with Crippen molar-refractivity contribution in [2.75, 3.05) is 24.7 Å². The van der Waals surface area contributed by atoms with Gasteiger partial charge in [0, 0.05) is 18.7 Å². The first-order chi connectivity index (χ1) is 8.79. The van der Waals surface area contributed by atoms with Crippen LogP contribution in [0.25, 0.3) is 0 Å². The molecule has 0 saturated carbocycles. The van der Waals surface area contributed by atoms with Gasteiger partial charge >= 0.3 is 0 Å². The molecule has 0 amide bonds. The van der Waals surface area contributed by atoms with Gasteiger partial charge in [0.2, 0.25) is 10.0 Å². The Morgan fingerprint density at radius 1 is 1.42 bits per heavy atom. The summed E-state index contributed by atoms with van der Waals surface area (Å²) >= 11 is 0. The topological polar surface area (TPSA) is 114 Å². The average Bonchev–Trinajstić information content (AvgIpc) is 2.26. The summed E-state index contributed by atoms with van der Waals surface area (Å²) < 4.78 is 24.0. The Labute approximate surface area is 111 Å². The van der Waals surface area contributed by atoms with E-state index in [-0.39, 0.29) is 5.69 Å². The fourth-order valence-electron chi connectivity index (χ4n) is 1.40. The molecule has 1 heterocycles. The molecule has 0 saturated heterocycles. The van der Waals surface area contributed by atoms with Crippen molar-refractivity contribution in [2.24, 2.45) is 0 Å². The van der Waals surface area contributed by atoms with Crippen molar-refractivity contribution in [2.45, 2.75) is 13.3 Å². The number of aryl methyl sites for hydroxylation is 1. The molecular formula is C10H16N4O4S. The minimum atomic E-state index is -3.16. The summed E-state index contributed by atoms with van der Waals surface area (Å²) in [6, 6.07) is 1.59. The van der Waals surface area contributed by atoms with Crippen LogP contribution in [0.2, 0.25) is 0 Å². The average molecular weight is 288 g/mol. The first-order valence-electron chi connectivity index (χ1n) is 5.59. The van der Waals surface area contributed by atoms with Crippen LogP contribution >= 0.6 is 0 Å². The van der Waals surface area contributed by atoms with E-state index in [1.807, 2.05) is 0 Å². The van der Waals surface area contributed by atoms with Gasteiger partial charge in [-0.15, -0.1) is 0 Å². The maximum atomic E-state index is 10.8. The Morgan fingerprint density at radius 3 is 2.63 bits per heavy atom. The lowest BCUT2D eigenvalue weighted by Crippen LogP contribution is -2.24. The van der Waals surface area contributed by atoms with Crippen molar-refractivity contribution < 1.29 is 13.3 Å². The lowest BCUT2D eigenvalue weighted by molar-refractivity contribution is -0.385. The molecule has 1 aromatic rings. The molecule has 0 atom stereocenters. The number of nitro groups is 1. The van der Waals surface area contributed by atoms with E-state index in [2.05, 4.69) is 15.0 Å². The highest BCUT2D eigenvalue weighted by molar-refractivity contribution is 7.88. The van der Waals surface area contributed by atoms with E-state index in [4.69, 9.17) is 0 Å². The number of hydrogen-bond donors (Lipinski definition) is 2. The zero-order chi connectivity index (χ0) is 14.5. The summed E-state index contributed by atoms with van der Waals surface area (Å²) in [7, 11) is -3.16. The molecule has 2 N–H and O–H groups in total. The van der Waals surface area contributed by atoms with E-state index in [1.165, 1.54) is 6.20 Å². The zero-order valence-corrected chi connectivity index (χ0v) is 11.5. The molecule has 0 aliphatic heterocycles. The van der Waals surface area contributed by atoms with Crippen molar-refractivity contribution in [3.8, 4) is 0 Å². The molecule has 8 nitrogen and oxygen atoms in total. The number of nitrogens with zero attached hydrogens (tertiary/aromatic N) is 2. The molecule has 106 valence electrons. The van der Waals surface area contributed by atoms with Crippen molar-refractivity contribution >= 4 is 21.5 Å². The van der Waals surface area contributed by atoms with Gasteiger partial charge in [0.05, 0.1) is 11.2 Å². The molecular weight excluding hydrogens is 272 g/mol. The molecule has 9 heteroatoms. The van der Waals surface area contributed by atoms with Crippen LogP contribution in [0.1, 0.15) is 12.0 Å². The van der Waals surface area contributed by atoms with Gasteiger partial charge in [-0.3, -0.25) is 10.1 Å². The molecule has 19 heavy (non-hydrogen) atoms. The van der Waals surface area contributed by atoms with E-state index in [9.17, 15) is 18.5 Å². The predicted molar refractivity (Wildman–Crippen MR) is 71.6 cm³/mol. The number of rotatable bonds is 7. The van der Waals surface area contributed by atoms with Gasteiger partial charge in [0.25, 0.3) is 5.69 Å². The van der Waals surface area contributed by atoms with Crippen LogP contribution in [0.5, 0.6) is 0 Å². The first kappa shape index (κ1) is 15.3. The smallest absolute Gasteiger partial charge is 0.290 e. The van der Waals surface area contributed by atoms with Gasteiger partial charge in [-0.2, -0.15) is 0 Å². The van der Waals surface area contributed by atoms with Gasteiger partial charge in [-0.05, 0) is 19.4 Å². The lowest BCUT2D eigenvalue weighted by atomic mass is 10.2. The van der Waals surface area contributed by atoms with E-state index in [0.29, 0.717) is 30.9 Å². The monoisotopic (exact) mass is 288 g/mol. The van der Waals surface area contributed by atoms with Crippen molar-refractivity contribution in [1.82, 2.24) is 9.71 Å². The standard InChI is InChI=1S/C10H16N4O4S/c1-8-6-10(12-7-9(8)14(15)16)11-4-3-5-13-19(2,17)18/h6-7,13H,3-5H2,1-2H3,(H,11,12). The van der Waals surface area contributed by atoms with Gasteiger partial charge < -0.3 is 5.32 Å². The van der Waals surface area contributed by atoms with Gasteiger partial charge in [-0.25, -0.2) is 18.1 Å². The van der Waals surface area contributed by atoms with E-state index in [1.54, 1.807) is 13.0 Å². The number of sulfonamides is 1. The van der Waals surface area contributed by atoms with Crippen LogP contribution in [0.4, 0.5) is 11.5 Å². The van der Waals surface area contributed by atoms with Crippen LogP contribution in [-0.4, -0.2) is 37.7 Å². The Morgan fingerprint density at radius 2 is 2.11 bits per heavy atom. The summed E-state index contributed by atoms with van der Waals surface area (Å²) in [5.41, 5.74) is 0.501. The third-order valence-corrected chi connectivity index (χ3v) is 3.03. The number of anilines is 1. The predicted octanol–water partition coefficient (Wildman–Crippen LogP) is 0.649. The third kappa shape index (κ3) is 5.62. The summed E-state index contributed by atoms with van der Waals surface area (Å²) in [4.78, 5) is 14.0. The van der Waals surface area contributed by atoms with Crippen molar-refractivity contribution in [3.63, 3.8) is 0 Å². The Kier molecular flexibility index (Phi) is 5.19. The van der Waals surface area contributed by atoms with Crippen LogP contribution in [-0.2, 0) is 10.0 Å². The minimum Gasteiger partial charge on any atom is -0.370 e. The van der Waals surface area contributed by atoms with Crippen LogP contribution in [0.15, 0.2) is 12.3 Å². The summed E-state index contributed by atoms with van der Waals surface area (Å²) in [5.74, 6) is 0.530. The molecule has 0 unspecified atom stereocenters. The lowest BCUT2D eigenvalue weighted by Gasteiger charge is -2.06. The molecule has 0 aromatic carbocycles. The minimum absolute atomic E-state index is 0.0238. The number of nitrogens with one attached hydrogen (secondary N) is 2. The quantitative estimate of drug-likeness (QED) is 0.432. The van der Waals surface area contributed by atoms with Gasteiger partial charge in [-0.1, -0.05) is 0 Å². The normalized spacial score (nSPS) is 11.3. The van der Waals surface area contributed by atoms with Gasteiger partial charge in [0.1, 0.15) is 12.0 Å². The molecule has 0 fully saturated rings. The number of aromatic nitrogens is 1. The molecule has 0 spiro atoms. The number of hydrogen-bond acceptors (Lipinski definition) is 6. The maximum absolute atomic E-state index is 10.8. The summed E-state index contributed by atoms with van der Waals surface area (Å²) in [6.07, 6.45) is 2.89. The van der Waals surface area contributed by atoms with Gasteiger partial charge in [0.15, 0.2) is 0 Å². The van der Waals surface area contributed by atoms with E-state index in [0.717, 1.165) is 6.26 Å². The Bertz CT molecular complexity index is 559. The SMILES string of the molecule is Cc1cc(NCCCNS(C)(=O)=O)ncc1[N+](=O)[O-]. The second kappa shape index (κ2) is 6.43. The highest BCUT2D eigenvalue weighted by Crippen LogP contribution is 2.18. The fraction of sp³-hybridized carbons (Fsp3) is 0.500. The summed E-state index contributed by atoms with van der Waals surface area (Å²) in [5, 5.41) is 13.6. The summed E-state index contributed by atoms with van der Waals surface area (Å²) in [6.45, 7) is 2.49. The largest absolute Gasteiger partial charge is 0.370 e. The van der Waals surface area contributed by atoms with E-state index >= 15 is 0 Å². The molecule has 1 aromatic heterocycles. The van der Waals surface area contributed by atoms with Crippen molar-refractivity contribution in [1.29, 1.82) is 0 Å². The molecule has 1 rings (SSSR count). The Hall–Kier alpha value is -1.74. The zero-order valence-electron chi connectivity index (χ0n) is 10.7. The van der Waals surface area contributed by atoms with E-state index < -0.39 is 14.9 Å². The van der Waals surface area contributed by atoms with Crippen LogP contribution < -0.4 is 10.0 Å². The molecule has 0 aliphatic carbocycles. The fourth-order valence-corrected chi connectivity index (χ4v) is 1.91. The second-order valence-corrected chi connectivity index (χ2v) is 5.89. The molecule has 0 bridgehead atoms. The molecule has 0 aliphatic rings. The molecule has 0 radical (unpaired) electrons. The highest BCUT2D eigenvalue weighted by Gasteiger charge is 2.10. The third-order valence-electron chi connectivity index (χ3n) is 2.30. The second-order valence-electron chi connectivity index (χ2n) is 4.06. The van der Waals surface area contributed by atoms with Crippen LogP contribution in [0, 0.1) is 17.0 Å². The maximum Gasteiger partial charge on any atom is 0.290 e.